The van der Waals surface area contributed by atoms with E-state index in [4.69, 9.17) is 0 Å². The van der Waals surface area contributed by atoms with Gasteiger partial charge < -0.3 is 10.1 Å². The van der Waals surface area contributed by atoms with Gasteiger partial charge in [0.2, 0.25) is 0 Å². The predicted octanol–water partition coefficient (Wildman–Crippen LogP) is 4.76. The van der Waals surface area contributed by atoms with E-state index in [9.17, 15) is 9.18 Å². The number of aromatic nitrogens is 1. The van der Waals surface area contributed by atoms with Crippen LogP contribution in [-0.2, 0) is 4.79 Å². The summed E-state index contributed by atoms with van der Waals surface area (Å²) in [5, 5.41) is 3.35. The molecular formula is C19H23FN2O. The van der Waals surface area contributed by atoms with Crippen LogP contribution in [0.3, 0.4) is 0 Å². The number of aryl methyl sites for hydroxylation is 1. The van der Waals surface area contributed by atoms with Crippen molar-refractivity contribution in [2.75, 3.05) is 11.9 Å². The third kappa shape index (κ3) is 5.47. The van der Waals surface area contributed by atoms with Crippen molar-refractivity contribution in [3.05, 3.63) is 47.9 Å². The van der Waals surface area contributed by atoms with E-state index in [0.717, 1.165) is 42.8 Å². The standard InChI is InChI=1S/C19H23FN2O/c1-14-7-8-16(12-18(14)20)19-13-17(9-11-22-19)21-10-5-3-4-6-15(2)23/h7-9,11-13H,3-6,10H2,1-2H3,(H,21,22). The molecule has 0 amide bonds. The van der Waals surface area contributed by atoms with Gasteiger partial charge in [-0.25, -0.2) is 4.39 Å². The minimum Gasteiger partial charge on any atom is -0.385 e. The van der Waals surface area contributed by atoms with E-state index < -0.39 is 0 Å². The van der Waals surface area contributed by atoms with Gasteiger partial charge in [0.25, 0.3) is 0 Å². The lowest BCUT2D eigenvalue weighted by atomic mass is 10.1. The van der Waals surface area contributed by atoms with E-state index in [1.807, 2.05) is 18.2 Å². The second-order valence-corrected chi connectivity index (χ2v) is 5.83. The highest BCUT2D eigenvalue weighted by Crippen LogP contribution is 2.22. The number of hydrogen-bond acceptors (Lipinski definition) is 3. The van der Waals surface area contributed by atoms with Crippen LogP contribution in [0.4, 0.5) is 10.1 Å². The fourth-order valence-corrected chi connectivity index (χ4v) is 2.36. The summed E-state index contributed by atoms with van der Waals surface area (Å²) in [6.45, 7) is 4.23. The molecule has 2 aromatic rings. The van der Waals surface area contributed by atoms with Gasteiger partial charge >= 0.3 is 0 Å². The van der Waals surface area contributed by atoms with Gasteiger partial charge in [0, 0.05) is 30.4 Å². The number of ketones is 1. The number of carbonyl (C=O) groups excluding carboxylic acids is 1. The zero-order valence-corrected chi connectivity index (χ0v) is 13.7. The van der Waals surface area contributed by atoms with Crippen LogP contribution in [0.1, 0.15) is 38.2 Å². The van der Waals surface area contributed by atoms with E-state index in [-0.39, 0.29) is 11.6 Å². The number of unbranched alkanes of at least 4 members (excludes halogenated alkanes) is 2. The van der Waals surface area contributed by atoms with Crippen molar-refractivity contribution >= 4 is 11.5 Å². The summed E-state index contributed by atoms with van der Waals surface area (Å²) in [5.74, 6) is 0.0372. The SMILES string of the molecule is CC(=O)CCCCCNc1ccnc(-c2ccc(C)c(F)c2)c1. The van der Waals surface area contributed by atoms with Crippen LogP contribution in [0.2, 0.25) is 0 Å². The lowest BCUT2D eigenvalue weighted by Crippen LogP contribution is -2.02. The summed E-state index contributed by atoms with van der Waals surface area (Å²) in [4.78, 5) is 15.2. The number of nitrogens with zero attached hydrogens (tertiary/aromatic N) is 1. The van der Waals surface area contributed by atoms with Gasteiger partial charge in [0.05, 0.1) is 5.69 Å². The predicted molar refractivity (Wildman–Crippen MR) is 92.0 cm³/mol. The number of pyridine rings is 1. The highest BCUT2D eigenvalue weighted by atomic mass is 19.1. The quantitative estimate of drug-likeness (QED) is 0.714. The van der Waals surface area contributed by atoms with E-state index in [1.165, 1.54) is 6.07 Å². The molecule has 0 radical (unpaired) electrons. The molecule has 1 aromatic carbocycles. The first kappa shape index (κ1) is 17.1. The van der Waals surface area contributed by atoms with Crippen LogP contribution >= 0.6 is 0 Å². The molecule has 1 heterocycles. The summed E-state index contributed by atoms with van der Waals surface area (Å²) in [7, 11) is 0. The molecule has 0 saturated heterocycles. The lowest BCUT2D eigenvalue weighted by molar-refractivity contribution is -0.117. The van der Waals surface area contributed by atoms with Crippen molar-refractivity contribution in [1.29, 1.82) is 0 Å². The molecule has 0 spiro atoms. The average Bonchev–Trinajstić information content (AvgIpc) is 2.53. The Morgan fingerprint density at radius 1 is 1.17 bits per heavy atom. The highest BCUT2D eigenvalue weighted by Gasteiger charge is 2.04. The number of carbonyl (C=O) groups is 1. The lowest BCUT2D eigenvalue weighted by Gasteiger charge is -2.08. The zero-order chi connectivity index (χ0) is 16.7. The minimum absolute atomic E-state index is 0.215. The topological polar surface area (TPSA) is 42.0 Å². The molecule has 0 aliphatic carbocycles. The first-order valence-electron chi connectivity index (χ1n) is 8.02. The number of anilines is 1. The van der Waals surface area contributed by atoms with E-state index in [0.29, 0.717) is 12.0 Å². The van der Waals surface area contributed by atoms with E-state index in [1.54, 1.807) is 26.1 Å². The molecule has 0 saturated carbocycles. The van der Waals surface area contributed by atoms with Gasteiger partial charge in [0.15, 0.2) is 0 Å². The first-order chi connectivity index (χ1) is 11.1. The Hall–Kier alpha value is -2.23. The van der Waals surface area contributed by atoms with Crippen molar-refractivity contribution in [2.24, 2.45) is 0 Å². The summed E-state index contributed by atoms with van der Waals surface area (Å²) >= 11 is 0. The first-order valence-corrected chi connectivity index (χ1v) is 8.02. The molecule has 1 aromatic heterocycles. The maximum atomic E-state index is 13.7. The van der Waals surface area contributed by atoms with Crippen molar-refractivity contribution in [3.8, 4) is 11.3 Å². The summed E-state index contributed by atoms with van der Waals surface area (Å²) in [6, 6.07) is 9.00. The van der Waals surface area contributed by atoms with Crippen molar-refractivity contribution in [2.45, 2.75) is 39.5 Å². The van der Waals surface area contributed by atoms with Gasteiger partial charge in [-0.3, -0.25) is 4.98 Å². The Morgan fingerprint density at radius 3 is 2.74 bits per heavy atom. The second kappa shape index (κ2) is 8.42. The van der Waals surface area contributed by atoms with E-state index >= 15 is 0 Å². The summed E-state index contributed by atoms with van der Waals surface area (Å²) in [6.07, 6.45) is 5.39. The summed E-state index contributed by atoms with van der Waals surface area (Å²) < 4.78 is 13.7. The Kier molecular flexibility index (Phi) is 6.27. The van der Waals surface area contributed by atoms with Crippen LogP contribution in [-0.4, -0.2) is 17.3 Å². The molecule has 0 bridgehead atoms. The van der Waals surface area contributed by atoms with Gasteiger partial charge in [-0.1, -0.05) is 18.6 Å². The monoisotopic (exact) mass is 314 g/mol. The number of Topliss-reactive ketones (excluding diaryl/α,β-unsaturated/α-hetero) is 1. The molecule has 0 unspecified atom stereocenters. The van der Waals surface area contributed by atoms with Crippen LogP contribution in [0, 0.1) is 12.7 Å². The van der Waals surface area contributed by atoms with Crippen LogP contribution < -0.4 is 5.32 Å². The maximum Gasteiger partial charge on any atom is 0.129 e. The Labute approximate surface area is 137 Å². The molecule has 0 aliphatic rings. The largest absolute Gasteiger partial charge is 0.385 e. The van der Waals surface area contributed by atoms with E-state index in [2.05, 4.69) is 10.3 Å². The molecule has 2 rings (SSSR count). The molecule has 3 nitrogen and oxygen atoms in total. The van der Waals surface area contributed by atoms with Gasteiger partial charge in [-0.2, -0.15) is 0 Å². The van der Waals surface area contributed by atoms with Crippen molar-refractivity contribution in [3.63, 3.8) is 0 Å². The third-order valence-corrected chi connectivity index (χ3v) is 3.76. The zero-order valence-electron chi connectivity index (χ0n) is 13.7. The summed E-state index contributed by atoms with van der Waals surface area (Å²) in [5.41, 5.74) is 3.14. The number of nitrogens with one attached hydrogen (secondary N) is 1. The normalized spacial score (nSPS) is 10.6. The number of benzene rings is 1. The molecule has 0 atom stereocenters. The third-order valence-electron chi connectivity index (χ3n) is 3.76. The van der Waals surface area contributed by atoms with Crippen LogP contribution in [0.25, 0.3) is 11.3 Å². The number of rotatable bonds is 8. The van der Waals surface area contributed by atoms with Crippen LogP contribution in [0.15, 0.2) is 36.5 Å². The highest BCUT2D eigenvalue weighted by molar-refractivity contribution is 5.75. The van der Waals surface area contributed by atoms with Gasteiger partial charge in [0.1, 0.15) is 11.6 Å². The van der Waals surface area contributed by atoms with Gasteiger partial charge in [-0.15, -0.1) is 0 Å². The minimum atomic E-state index is -0.215. The van der Waals surface area contributed by atoms with Crippen LogP contribution in [0.5, 0.6) is 0 Å². The molecule has 0 fully saturated rings. The number of hydrogen-bond donors (Lipinski definition) is 1. The molecular weight excluding hydrogens is 291 g/mol. The molecule has 1 N–H and O–H groups in total. The second-order valence-electron chi connectivity index (χ2n) is 5.83. The smallest absolute Gasteiger partial charge is 0.129 e. The fourth-order valence-electron chi connectivity index (χ4n) is 2.36. The number of halogens is 1. The van der Waals surface area contributed by atoms with Crippen molar-refractivity contribution in [1.82, 2.24) is 4.98 Å². The molecule has 23 heavy (non-hydrogen) atoms. The Bertz CT molecular complexity index is 670. The van der Waals surface area contributed by atoms with Crippen molar-refractivity contribution < 1.29 is 9.18 Å². The fraction of sp³-hybridized carbons (Fsp3) is 0.368. The molecule has 0 aliphatic heterocycles. The molecule has 122 valence electrons. The Morgan fingerprint density at radius 2 is 2.00 bits per heavy atom. The molecule has 4 heteroatoms. The maximum absolute atomic E-state index is 13.7. The van der Waals surface area contributed by atoms with Gasteiger partial charge in [-0.05, 0) is 50.5 Å². The average molecular weight is 314 g/mol. The Balaban J connectivity index is 1.89.